The average molecular weight is 801 g/mol. The van der Waals surface area contributed by atoms with Crippen LogP contribution in [0.5, 0.6) is 0 Å². The number of hydrogen-bond acceptors (Lipinski definition) is 4. The second kappa shape index (κ2) is 10.4. The average Bonchev–Trinajstić information content (AvgIpc) is 3.92. The summed E-state index contributed by atoms with van der Waals surface area (Å²) in [7, 11) is 0. The molecule has 0 amide bonds. The molecule has 0 fully saturated rings. The number of nitrogens with zero attached hydrogens (tertiary/aromatic N) is 2. The van der Waals surface area contributed by atoms with Gasteiger partial charge in [-0.1, -0.05) is 0 Å². The Bertz CT molecular complexity index is 3170. The summed E-state index contributed by atoms with van der Waals surface area (Å²) in [5.41, 5.74) is 2.21. The molecule has 6 heterocycles. The standard InChI is InChI=1S/C44H22N2S2Se2/c1-3-7-25-11-31-21-45-35(13-27(31)9-23(25)5-1)41-17-29-15-37-33(19-39(29)49-41)43-44(47-37)34-20-40-30(16-38(34)48-43)18-42(50-40)36-14-28-10-24-6-2-4-8-26(24)12-32(28)22-46-36/h1-22H. The van der Waals surface area contributed by atoms with Crippen molar-refractivity contribution in [1.29, 1.82) is 0 Å². The van der Waals surface area contributed by atoms with Crippen molar-refractivity contribution in [2.45, 2.75) is 0 Å². The summed E-state index contributed by atoms with van der Waals surface area (Å²) in [5.74, 6) is 0. The van der Waals surface area contributed by atoms with Gasteiger partial charge in [-0.15, -0.1) is 0 Å². The maximum absolute atomic E-state index is 4.94. The normalized spacial score (nSPS) is 12.4. The number of rotatable bonds is 2. The maximum atomic E-state index is 4.94. The molecule has 2 nitrogen and oxygen atoms in total. The fourth-order valence-corrected chi connectivity index (χ4v) is 14.6. The molecule has 0 bridgehead atoms. The third kappa shape index (κ3) is 4.25. The second-order valence-corrected chi connectivity index (χ2v) is 19.7. The van der Waals surface area contributed by atoms with Crippen LogP contribution in [0.3, 0.4) is 0 Å². The summed E-state index contributed by atoms with van der Waals surface area (Å²) >= 11 is 4.36. The topological polar surface area (TPSA) is 25.8 Å². The van der Waals surface area contributed by atoms with Crippen LogP contribution < -0.4 is 0 Å². The molecule has 12 aromatic rings. The number of hydrogen-bond donors (Lipinski definition) is 0. The van der Waals surface area contributed by atoms with E-state index in [-0.39, 0.29) is 29.0 Å². The zero-order chi connectivity index (χ0) is 32.5. The van der Waals surface area contributed by atoms with Crippen molar-refractivity contribution >= 4 is 144 Å². The van der Waals surface area contributed by atoms with Crippen molar-refractivity contribution in [2.75, 3.05) is 0 Å². The van der Waals surface area contributed by atoms with Gasteiger partial charge in [0.15, 0.2) is 0 Å². The Morgan fingerprint density at radius 3 is 1.24 bits per heavy atom. The SMILES string of the molecule is c1ccc2cc3cc(-c4cc5cc6sc7c8cc9[se]c(-c%10cc%11cc%12ccccc%12cc%11cn%10)cc9cc8sc7c6cc5[se]4)ncc3cc2c1. The Morgan fingerprint density at radius 2 is 0.800 bits per heavy atom. The first-order chi connectivity index (χ1) is 24.7. The molecule has 0 saturated carbocycles. The van der Waals surface area contributed by atoms with E-state index in [9.17, 15) is 0 Å². The molecule has 232 valence electrons. The van der Waals surface area contributed by atoms with Crippen LogP contribution in [0, 0.1) is 0 Å². The molecule has 6 heteroatoms. The fraction of sp³-hybridized carbons (Fsp3) is 0. The van der Waals surface area contributed by atoms with Gasteiger partial charge in [0.2, 0.25) is 0 Å². The molecule has 0 spiro atoms. The predicted molar refractivity (Wildman–Crippen MR) is 220 cm³/mol. The Morgan fingerprint density at radius 1 is 0.380 bits per heavy atom. The quantitative estimate of drug-likeness (QED) is 0.129. The Kier molecular flexibility index (Phi) is 5.87. The monoisotopic (exact) mass is 802 g/mol. The fourth-order valence-electron chi connectivity index (χ4n) is 7.52. The van der Waals surface area contributed by atoms with E-state index in [1.54, 1.807) is 0 Å². The molecule has 12 rings (SSSR count). The summed E-state index contributed by atoms with van der Waals surface area (Å²) in [6.45, 7) is 0. The molecule has 0 N–H and O–H groups in total. The molecular weight excluding hydrogens is 779 g/mol. The molecule has 0 aliphatic rings. The van der Waals surface area contributed by atoms with Crippen molar-refractivity contribution in [2.24, 2.45) is 0 Å². The van der Waals surface area contributed by atoms with E-state index in [2.05, 4.69) is 121 Å². The minimum atomic E-state index is 0.223. The van der Waals surface area contributed by atoms with Crippen LogP contribution >= 0.6 is 22.7 Å². The zero-order valence-corrected chi connectivity index (χ0v) is 31.3. The van der Waals surface area contributed by atoms with Gasteiger partial charge in [0.25, 0.3) is 0 Å². The van der Waals surface area contributed by atoms with E-state index in [4.69, 9.17) is 9.97 Å². The summed E-state index contributed by atoms with van der Waals surface area (Å²) in [6, 6.07) is 45.5. The van der Waals surface area contributed by atoms with Gasteiger partial charge in [-0.05, 0) is 0 Å². The Hall–Kier alpha value is -4.64. The molecule has 0 saturated heterocycles. The minimum absolute atomic E-state index is 0.223. The van der Waals surface area contributed by atoms with Crippen LogP contribution in [0.4, 0.5) is 0 Å². The first-order valence-electron chi connectivity index (χ1n) is 16.5. The first-order valence-corrected chi connectivity index (χ1v) is 21.6. The van der Waals surface area contributed by atoms with E-state index in [0.717, 1.165) is 11.4 Å². The second-order valence-electron chi connectivity index (χ2n) is 13.1. The van der Waals surface area contributed by atoms with E-state index in [0.29, 0.717) is 0 Å². The first kappa shape index (κ1) is 28.1. The van der Waals surface area contributed by atoms with Gasteiger partial charge < -0.3 is 0 Å². The number of pyridine rings is 2. The van der Waals surface area contributed by atoms with Crippen LogP contribution in [-0.4, -0.2) is 39.0 Å². The Balaban J connectivity index is 0.938. The number of aromatic nitrogens is 2. The third-order valence-electron chi connectivity index (χ3n) is 10.0. The molecular formula is C44H22N2S2Se2. The van der Waals surface area contributed by atoms with E-state index in [1.165, 1.54) is 101 Å². The van der Waals surface area contributed by atoms with E-state index < -0.39 is 0 Å². The Labute approximate surface area is 305 Å². The molecule has 0 aliphatic heterocycles. The van der Waals surface area contributed by atoms with Gasteiger partial charge >= 0.3 is 308 Å². The summed E-state index contributed by atoms with van der Waals surface area (Å²) < 4.78 is 11.3. The molecule has 0 unspecified atom stereocenters. The van der Waals surface area contributed by atoms with Gasteiger partial charge in [-0.25, -0.2) is 0 Å². The van der Waals surface area contributed by atoms with Gasteiger partial charge in [0, 0.05) is 0 Å². The number of thiophene rings is 2. The van der Waals surface area contributed by atoms with Gasteiger partial charge in [-0.2, -0.15) is 0 Å². The summed E-state index contributed by atoms with van der Waals surface area (Å²) in [5, 5.41) is 15.5. The van der Waals surface area contributed by atoms with Crippen molar-refractivity contribution in [3.05, 3.63) is 134 Å². The molecule has 0 atom stereocenters. The number of benzene rings is 6. The van der Waals surface area contributed by atoms with Crippen LogP contribution in [0.2, 0.25) is 0 Å². The molecule has 50 heavy (non-hydrogen) atoms. The van der Waals surface area contributed by atoms with Gasteiger partial charge in [-0.3, -0.25) is 0 Å². The molecule has 6 aromatic carbocycles. The summed E-state index contributed by atoms with van der Waals surface area (Å²) in [6.07, 6.45) is 4.10. The number of fused-ring (bicyclic) bond motifs is 11. The predicted octanol–water partition coefficient (Wildman–Crippen LogP) is 12.4. The van der Waals surface area contributed by atoms with E-state index >= 15 is 0 Å². The van der Waals surface area contributed by atoms with Crippen LogP contribution in [0.15, 0.2) is 134 Å². The zero-order valence-electron chi connectivity index (χ0n) is 26.2. The van der Waals surface area contributed by atoms with Crippen molar-refractivity contribution in [3.8, 4) is 20.3 Å². The van der Waals surface area contributed by atoms with Crippen molar-refractivity contribution < 1.29 is 0 Å². The third-order valence-corrected chi connectivity index (χ3v) is 17.2. The van der Waals surface area contributed by atoms with Crippen LogP contribution in [-0.2, 0) is 0 Å². The van der Waals surface area contributed by atoms with Gasteiger partial charge in [0.1, 0.15) is 0 Å². The van der Waals surface area contributed by atoms with Gasteiger partial charge in [0.05, 0.1) is 0 Å². The van der Waals surface area contributed by atoms with Crippen LogP contribution in [0.25, 0.3) is 112 Å². The van der Waals surface area contributed by atoms with Crippen molar-refractivity contribution in [1.82, 2.24) is 9.97 Å². The molecule has 6 aromatic heterocycles. The summed E-state index contributed by atoms with van der Waals surface area (Å²) in [4.78, 5) is 9.88. The molecule has 0 radical (unpaired) electrons. The van der Waals surface area contributed by atoms with Crippen LogP contribution in [0.1, 0.15) is 0 Å². The van der Waals surface area contributed by atoms with E-state index in [1.807, 2.05) is 35.1 Å². The van der Waals surface area contributed by atoms with Crippen molar-refractivity contribution in [3.63, 3.8) is 0 Å². The molecule has 0 aliphatic carbocycles.